The lowest BCUT2D eigenvalue weighted by Crippen LogP contribution is -2.15. The summed E-state index contributed by atoms with van der Waals surface area (Å²) in [6.45, 7) is 3.80. The number of aliphatic hydroxyl groups excluding tert-OH is 1. The lowest BCUT2D eigenvalue weighted by atomic mass is 10.3. The Bertz CT molecular complexity index is 131. The Morgan fingerprint density at radius 1 is 1.55 bits per heavy atom. The van der Waals surface area contributed by atoms with Gasteiger partial charge in [-0.1, -0.05) is 6.92 Å². The van der Waals surface area contributed by atoms with Crippen molar-refractivity contribution in [3.63, 3.8) is 0 Å². The van der Waals surface area contributed by atoms with Gasteiger partial charge in [0.25, 0.3) is 0 Å². The van der Waals surface area contributed by atoms with Crippen LogP contribution in [-0.4, -0.2) is 22.2 Å². The zero-order valence-corrected chi connectivity index (χ0v) is 7.90. The van der Waals surface area contributed by atoms with Gasteiger partial charge in [-0.2, -0.15) is 17.0 Å². The van der Waals surface area contributed by atoms with Crippen molar-refractivity contribution in [3.8, 4) is 6.07 Å². The van der Waals surface area contributed by atoms with E-state index < -0.39 is 0 Å². The number of rotatable bonds is 5. The Labute approximate surface area is 72.6 Å². The zero-order valence-electron chi connectivity index (χ0n) is 7.08. The van der Waals surface area contributed by atoms with Gasteiger partial charge in [0.2, 0.25) is 0 Å². The molecule has 0 rings (SSSR count). The van der Waals surface area contributed by atoms with Gasteiger partial charge in [-0.05, 0) is 19.1 Å². The molecule has 64 valence electrons. The van der Waals surface area contributed by atoms with E-state index in [0.717, 1.165) is 12.2 Å². The molecule has 0 saturated heterocycles. The van der Waals surface area contributed by atoms with Crippen molar-refractivity contribution in [3.05, 3.63) is 0 Å². The normalized spacial score (nSPS) is 15.5. The van der Waals surface area contributed by atoms with Gasteiger partial charge in [0.05, 0.1) is 12.2 Å². The van der Waals surface area contributed by atoms with E-state index in [-0.39, 0.29) is 11.4 Å². The van der Waals surface area contributed by atoms with E-state index in [2.05, 4.69) is 6.07 Å². The van der Waals surface area contributed by atoms with Crippen LogP contribution in [-0.2, 0) is 0 Å². The molecule has 0 aliphatic heterocycles. The van der Waals surface area contributed by atoms with Gasteiger partial charge in [0.15, 0.2) is 0 Å². The van der Waals surface area contributed by atoms with Gasteiger partial charge < -0.3 is 5.11 Å². The summed E-state index contributed by atoms with van der Waals surface area (Å²) in [5.41, 5.74) is 0. The number of nitrogens with zero attached hydrogens (tertiary/aromatic N) is 1. The summed E-state index contributed by atoms with van der Waals surface area (Å²) in [5.74, 6) is 0.972. The van der Waals surface area contributed by atoms with Crippen LogP contribution in [0.25, 0.3) is 0 Å². The van der Waals surface area contributed by atoms with Crippen LogP contribution in [0.5, 0.6) is 0 Å². The average Bonchev–Trinajstić information content (AvgIpc) is 1.97. The van der Waals surface area contributed by atoms with E-state index in [4.69, 9.17) is 10.4 Å². The summed E-state index contributed by atoms with van der Waals surface area (Å²) in [5, 5.41) is 17.6. The summed E-state index contributed by atoms with van der Waals surface area (Å²) in [4.78, 5) is 0. The van der Waals surface area contributed by atoms with Gasteiger partial charge >= 0.3 is 0 Å². The highest BCUT2D eigenvalue weighted by molar-refractivity contribution is 7.99. The van der Waals surface area contributed by atoms with Crippen LogP contribution in [0.4, 0.5) is 0 Å². The van der Waals surface area contributed by atoms with Crippen LogP contribution in [0.1, 0.15) is 26.7 Å². The molecule has 0 heterocycles. The molecule has 0 spiro atoms. The molecule has 2 atom stereocenters. The highest BCUT2D eigenvalue weighted by Crippen LogP contribution is 2.15. The molecule has 0 saturated carbocycles. The molecular weight excluding hydrogens is 158 g/mol. The highest BCUT2D eigenvalue weighted by Gasteiger charge is 2.07. The van der Waals surface area contributed by atoms with Crippen molar-refractivity contribution < 1.29 is 5.11 Å². The van der Waals surface area contributed by atoms with Crippen molar-refractivity contribution in [2.75, 3.05) is 5.75 Å². The Kier molecular flexibility index (Phi) is 6.39. The molecule has 0 amide bonds. The quantitative estimate of drug-likeness (QED) is 0.645. The van der Waals surface area contributed by atoms with Crippen molar-refractivity contribution in [2.24, 2.45) is 0 Å². The van der Waals surface area contributed by atoms with E-state index in [1.54, 1.807) is 18.7 Å². The average molecular weight is 173 g/mol. The van der Waals surface area contributed by atoms with Gasteiger partial charge in [0, 0.05) is 11.7 Å². The van der Waals surface area contributed by atoms with Gasteiger partial charge in [-0.3, -0.25) is 0 Å². The molecule has 0 fully saturated rings. The molecule has 0 aromatic rings. The maximum atomic E-state index is 9.09. The summed E-state index contributed by atoms with van der Waals surface area (Å²) in [6, 6.07) is 2.09. The molecule has 2 nitrogen and oxygen atoms in total. The molecule has 2 unspecified atom stereocenters. The lowest BCUT2D eigenvalue weighted by molar-refractivity contribution is 0.196. The molecule has 11 heavy (non-hydrogen) atoms. The second-order valence-corrected chi connectivity index (χ2v) is 4.06. The fourth-order valence-electron chi connectivity index (χ4n) is 0.560. The topological polar surface area (TPSA) is 44.0 Å². The molecule has 0 radical (unpaired) electrons. The molecule has 3 heteroatoms. The maximum Gasteiger partial charge on any atom is 0.0627 e. The first-order valence-electron chi connectivity index (χ1n) is 3.85. The van der Waals surface area contributed by atoms with Crippen LogP contribution in [0, 0.1) is 11.3 Å². The second-order valence-electron chi connectivity index (χ2n) is 2.58. The standard InChI is InChI=1S/C8H15NOS/c1-7(10)8(2)11-6-4-3-5-9/h7-8,10H,3-4,6H2,1-2H3. The van der Waals surface area contributed by atoms with Crippen molar-refractivity contribution in [1.29, 1.82) is 5.26 Å². The fraction of sp³-hybridized carbons (Fsp3) is 0.875. The van der Waals surface area contributed by atoms with Crippen molar-refractivity contribution >= 4 is 11.8 Å². The smallest absolute Gasteiger partial charge is 0.0627 e. The minimum Gasteiger partial charge on any atom is -0.392 e. The van der Waals surface area contributed by atoms with E-state index in [1.807, 2.05) is 6.92 Å². The Morgan fingerprint density at radius 2 is 2.18 bits per heavy atom. The van der Waals surface area contributed by atoms with E-state index in [0.29, 0.717) is 6.42 Å². The molecule has 0 aliphatic carbocycles. The molecule has 0 aromatic heterocycles. The SMILES string of the molecule is CC(O)C(C)SCCCC#N. The fourth-order valence-corrected chi connectivity index (χ4v) is 1.52. The summed E-state index contributed by atoms with van der Waals surface area (Å²) in [6.07, 6.45) is 1.31. The van der Waals surface area contributed by atoms with Crippen molar-refractivity contribution in [1.82, 2.24) is 0 Å². The van der Waals surface area contributed by atoms with E-state index >= 15 is 0 Å². The lowest BCUT2D eigenvalue weighted by Gasteiger charge is -2.12. The Balaban J connectivity index is 3.19. The largest absolute Gasteiger partial charge is 0.392 e. The number of unbranched alkanes of at least 4 members (excludes halogenated alkanes) is 1. The van der Waals surface area contributed by atoms with Crippen LogP contribution >= 0.6 is 11.8 Å². The van der Waals surface area contributed by atoms with Crippen LogP contribution in [0.2, 0.25) is 0 Å². The first kappa shape index (κ1) is 10.8. The third-order valence-corrected chi connectivity index (χ3v) is 2.94. The predicted octanol–water partition coefficient (Wildman–Crippen LogP) is 1.79. The number of hydrogen-bond acceptors (Lipinski definition) is 3. The second kappa shape index (κ2) is 6.51. The number of aliphatic hydroxyl groups is 1. The van der Waals surface area contributed by atoms with E-state index in [1.165, 1.54) is 0 Å². The van der Waals surface area contributed by atoms with Crippen LogP contribution < -0.4 is 0 Å². The van der Waals surface area contributed by atoms with Crippen LogP contribution in [0.15, 0.2) is 0 Å². The Morgan fingerprint density at radius 3 is 2.64 bits per heavy atom. The minimum absolute atomic E-state index is 0.248. The van der Waals surface area contributed by atoms with Gasteiger partial charge in [-0.25, -0.2) is 0 Å². The third kappa shape index (κ3) is 6.21. The first-order valence-corrected chi connectivity index (χ1v) is 4.90. The molecule has 0 aliphatic rings. The summed E-state index contributed by atoms with van der Waals surface area (Å²) in [7, 11) is 0. The zero-order chi connectivity index (χ0) is 8.69. The third-order valence-electron chi connectivity index (χ3n) is 1.49. The minimum atomic E-state index is -0.248. The summed E-state index contributed by atoms with van der Waals surface area (Å²) < 4.78 is 0. The highest BCUT2D eigenvalue weighted by atomic mass is 32.2. The monoisotopic (exact) mass is 173 g/mol. The molecule has 0 aromatic carbocycles. The van der Waals surface area contributed by atoms with Gasteiger partial charge in [0.1, 0.15) is 0 Å². The summed E-state index contributed by atoms with van der Waals surface area (Å²) >= 11 is 1.72. The maximum absolute atomic E-state index is 9.09. The number of thioether (sulfide) groups is 1. The molecular formula is C8H15NOS. The first-order chi connectivity index (χ1) is 5.18. The predicted molar refractivity (Wildman–Crippen MR) is 48.4 cm³/mol. The van der Waals surface area contributed by atoms with Crippen LogP contribution in [0.3, 0.4) is 0 Å². The number of hydrogen-bond donors (Lipinski definition) is 1. The van der Waals surface area contributed by atoms with Gasteiger partial charge in [-0.15, -0.1) is 0 Å². The van der Waals surface area contributed by atoms with Crippen molar-refractivity contribution in [2.45, 2.75) is 38.0 Å². The van der Waals surface area contributed by atoms with E-state index in [9.17, 15) is 0 Å². The molecule has 0 bridgehead atoms. The Hall–Kier alpha value is -0.200. The number of nitriles is 1. The molecule has 1 N–H and O–H groups in total.